The number of carboxylic acids is 1. The Hall–Kier alpha value is -3.10. The molecule has 39 heavy (non-hydrogen) atoms. The van der Waals surface area contributed by atoms with Crippen LogP contribution in [0.1, 0.15) is 62.8 Å². The lowest BCUT2D eigenvalue weighted by Gasteiger charge is -2.44. The maximum atomic E-state index is 14.4. The van der Waals surface area contributed by atoms with Crippen LogP contribution in [0.3, 0.4) is 0 Å². The molecule has 0 aliphatic carbocycles. The number of benzene rings is 2. The van der Waals surface area contributed by atoms with E-state index in [-0.39, 0.29) is 29.7 Å². The number of aliphatic carboxylic acids is 1. The van der Waals surface area contributed by atoms with Crippen molar-refractivity contribution in [3.8, 4) is 5.75 Å². The van der Waals surface area contributed by atoms with Crippen molar-refractivity contribution in [2.75, 3.05) is 24.6 Å². The van der Waals surface area contributed by atoms with Crippen LogP contribution in [0, 0.1) is 18.3 Å². The quantitative estimate of drug-likeness (QED) is 0.572. The predicted molar refractivity (Wildman–Crippen MR) is 147 cm³/mol. The molecular formula is C30H35ClN2O6. The summed E-state index contributed by atoms with van der Waals surface area (Å²) in [5.41, 5.74) is 2.80. The van der Waals surface area contributed by atoms with Crippen molar-refractivity contribution in [2.24, 2.45) is 11.3 Å². The van der Waals surface area contributed by atoms with Gasteiger partial charge in [0.15, 0.2) is 0 Å². The summed E-state index contributed by atoms with van der Waals surface area (Å²) in [6, 6.07) is 11.0. The average Bonchev–Trinajstić information content (AvgIpc) is 3.00. The number of aryl methyl sites for hydroxylation is 1. The van der Waals surface area contributed by atoms with Gasteiger partial charge in [-0.05, 0) is 42.9 Å². The summed E-state index contributed by atoms with van der Waals surface area (Å²) in [7, 11) is 0. The molecule has 2 aromatic carbocycles. The molecule has 0 bridgehead atoms. The fourth-order valence-corrected chi connectivity index (χ4v) is 6.05. The van der Waals surface area contributed by atoms with E-state index in [1.54, 1.807) is 15.9 Å². The highest BCUT2D eigenvalue weighted by atomic mass is 35.5. The van der Waals surface area contributed by atoms with Crippen LogP contribution in [0.2, 0.25) is 5.02 Å². The molecule has 3 atom stereocenters. The van der Waals surface area contributed by atoms with Crippen molar-refractivity contribution >= 4 is 35.1 Å². The van der Waals surface area contributed by atoms with Crippen molar-refractivity contribution in [1.82, 2.24) is 4.90 Å². The summed E-state index contributed by atoms with van der Waals surface area (Å²) in [6.45, 7) is 9.18. The van der Waals surface area contributed by atoms with E-state index in [2.05, 4.69) is 20.8 Å². The zero-order valence-corrected chi connectivity index (χ0v) is 23.5. The standard InChI is InChI=1S/C30H35ClN2O6/c1-17-13-20-26-22(14-17)38-16-24(30(2,3)4)33(26)28(35)23(39-27(20)19-7-5-6-8-21(19)31)15-25(34)32-11-9-18(10-12-32)29(36)37/h5-8,13-14,18,23-24,27H,9-12,15-16H2,1-4H3,(H,36,37)/t23-,24+,27-/m1/s1. The maximum absolute atomic E-state index is 14.4. The molecule has 3 aliphatic heterocycles. The number of anilines is 1. The second kappa shape index (κ2) is 10.5. The lowest BCUT2D eigenvalue weighted by atomic mass is 9.84. The molecule has 8 nitrogen and oxygen atoms in total. The zero-order chi connectivity index (χ0) is 28.1. The largest absolute Gasteiger partial charge is 0.489 e. The molecule has 3 heterocycles. The Balaban J connectivity index is 1.57. The summed E-state index contributed by atoms with van der Waals surface area (Å²) in [5.74, 6) is -1.18. The van der Waals surface area contributed by atoms with Crippen LogP contribution in [0.4, 0.5) is 5.69 Å². The number of amides is 2. The molecular weight excluding hydrogens is 520 g/mol. The maximum Gasteiger partial charge on any atom is 0.306 e. The first-order valence-corrected chi connectivity index (χ1v) is 13.8. The number of carboxylic acid groups (broad SMARTS) is 1. The van der Waals surface area contributed by atoms with Gasteiger partial charge in [-0.3, -0.25) is 19.3 Å². The first-order chi connectivity index (χ1) is 18.5. The van der Waals surface area contributed by atoms with Crippen molar-refractivity contribution in [1.29, 1.82) is 0 Å². The minimum Gasteiger partial charge on any atom is -0.489 e. The number of rotatable bonds is 4. The van der Waals surface area contributed by atoms with Gasteiger partial charge in [0.1, 0.15) is 24.6 Å². The van der Waals surface area contributed by atoms with Gasteiger partial charge in [-0.1, -0.05) is 56.6 Å². The number of carbonyl (C=O) groups excluding carboxylic acids is 2. The number of ether oxygens (including phenoxy) is 2. The highest BCUT2D eigenvalue weighted by molar-refractivity contribution is 6.31. The molecule has 1 saturated heterocycles. The number of likely N-dealkylation sites (tertiary alicyclic amines) is 1. The molecule has 5 rings (SSSR count). The van der Waals surface area contributed by atoms with E-state index in [1.807, 2.05) is 37.3 Å². The smallest absolute Gasteiger partial charge is 0.306 e. The third-order valence-electron chi connectivity index (χ3n) is 8.04. The van der Waals surface area contributed by atoms with Gasteiger partial charge < -0.3 is 19.5 Å². The van der Waals surface area contributed by atoms with Crippen LogP contribution in [-0.2, 0) is 19.1 Å². The van der Waals surface area contributed by atoms with Crippen LogP contribution in [0.15, 0.2) is 36.4 Å². The third-order valence-corrected chi connectivity index (χ3v) is 8.38. The van der Waals surface area contributed by atoms with Gasteiger partial charge in [-0.2, -0.15) is 0 Å². The van der Waals surface area contributed by atoms with Crippen molar-refractivity contribution in [3.63, 3.8) is 0 Å². The number of carbonyl (C=O) groups is 3. The Morgan fingerprint density at radius 3 is 2.44 bits per heavy atom. The van der Waals surface area contributed by atoms with E-state index >= 15 is 0 Å². The van der Waals surface area contributed by atoms with Gasteiger partial charge in [-0.25, -0.2) is 0 Å². The molecule has 208 valence electrons. The van der Waals surface area contributed by atoms with Gasteiger partial charge in [0.05, 0.1) is 24.1 Å². The molecule has 0 saturated carbocycles. The second-order valence-electron chi connectivity index (χ2n) is 11.8. The van der Waals surface area contributed by atoms with E-state index in [1.165, 1.54) is 0 Å². The first kappa shape index (κ1) is 27.5. The minimum absolute atomic E-state index is 0.145. The normalized spacial score (nSPS) is 23.6. The Labute approximate surface area is 233 Å². The van der Waals surface area contributed by atoms with Crippen LogP contribution < -0.4 is 9.64 Å². The highest BCUT2D eigenvalue weighted by Crippen LogP contribution is 2.49. The van der Waals surface area contributed by atoms with Crippen molar-refractivity contribution in [2.45, 2.75) is 65.2 Å². The molecule has 2 aromatic rings. The van der Waals surface area contributed by atoms with E-state index in [0.717, 1.165) is 11.1 Å². The van der Waals surface area contributed by atoms with Gasteiger partial charge in [0.25, 0.3) is 5.91 Å². The van der Waals surface area contributed by atoms with E-state index in [4.69, 9.17) is 21.1 Å². The molecule has 0 radical (unpaired) electrons. The van der Waals surface area contributed by atoms with E-state index in [9.17, 15) is 19.5 Å². The molecule has 1 fully saturated rings. The van der Waals surface area contributed by atoms with Gasteiger partial charge in [0.2, 0.25) is 5.91 Å². The topological polar surface area (TPSA) is 96.4 Å². The van der Waals surface area contributed by atoms with Gasteiger partial charge in [-0.15, -0.1) is 0 Å². The average molecular weight is 555 g/mol. The molecule has 0 spiro atoms. The number of piperidine rings is 1. The van der Waals surface area contributed by atoms with Crippen LogP contribution in [-0.4, -0.2) is 59.6 Å². The second-order valence-corrected chi connectivity index (χ2v) is 12.2. The highest BCUT2D eigenvalue weighted by Gasteiger charge is 2.48. The third kappa shape index (κ3) is 5.24. The summed E-state index contributed by atoms with van der Waals surface area (Å²) in [6.07, 6.45) is -1.11. The van der Waals surface area contributed by atoms with Crippen molar-refractivity contribution < 1.29 is 29.0 Å². The molecule has 9 heteroatoms. The summed E-state index contributed by atoms with van der Waals surface area (Å²) < 4.78 is 12.8. The summed E-state index contributed by atoms with van der Waals surface area (Å²) >= 11 is 6.66. The fraction of sp³-hybridized carbons (Fsp3) is 0.500. The minimum atomic E-state index is -1.06. The number of hydrogen-bond acceptors (Lipinski definition) is 5. The Bertz CT molecular complexity index is 1300. The van der Waals surface area contributed by atoms with Gasteiger partial charge >= 0.3 is 5.97 Å². The molecule has 1 N–H and O–H groups in total. The summed E-state index contributed by atoms with van der Waals surface area (Å²) in [5, 5.41) is 9.84. The Morgan fingerprint density at radius 1 is 1.10 bits per heavy atom. The Morgan fingerprint density at radius 2 is 1.79 bits per heavy atom. The molecule has 0 unspecified atom stereocenters. The first-order valence-electron chi connectivity index (χ1n) is 13.5. The van der Waals surface area contributed by atoms with E-state index < -0.39 is 24.1 Å². The zero-order valence-electron chi connectivity index (χ0n) is 22.8. The number of halogens is 1. The number of nitrogens with zero attached hydrogens (tertiary/aromatic N) is 2. The van der Waals surface area contributed by atoms with Crippen LogP contribution in [0.25, 0.3) is 0 Å². The van der Waals surface area contributed by atoms with E-state index in [0.29, 0.717) is 54.6 Å². The predicted octanol–water partition coefficient (Wildman–Crippen LogP) is 4.99. The fourth-order valence-electron chi connectivity index (χ4n) is 5.82. The van der Waals surface area contributed by atoms with Crippen molar-refractivity contribution in [3.05, 3.63) is 58.1 Å². The number of hydrogen-bond donors (Lipinski definition) is 1. The summed E-state index contributed by atoms with van der Waals surface area (Å²) in [4.78, 5) is 42.6. The molecule has 3 aliphatic rings. The van der Waals surface area contributed by atoms with Gasteiger partial charge in [0, 0.05) is 29.2 Å². The molecule has 2 amide bonds. The Kier molecular flexibility index (Phi) is 7.37. The van der Waals surface area contributed by atoms with Crippen LogP contribution >= 0.6 is 11.6 Å². The lowest BCUT2D eigenvalue weighted by Crippen LogP contribution is -2.56. The molecule has 0 aromatic heterocycles. The lowest BCUT2D eigenvalue weighted by molar-refractivity contribution is -0.148. The SMILES string of the molecule is Cc1cc2c3c(c1)[C@@H](c1ccccc1Cl)O[C@H](CC(=O)N1CCC(C(=O)O)CC1)C(=O)N3[C@H](C(C)(C)C)CO2. The monoisotopic (exact) mass is 554 g/mol. The van der Waals surface area contributed by atoms with Crippen LogP contribution in [0.5, 0.6) is 5.75 Å².